The summed E-state index contributed by atoms with van der Waals surface area (Å²) in [5, 5.41) is 0. The van der Waals surface area contributed by atoms with Gasteiger partial charge in [0, 0.05) is 12.6 Å². The van der Waals surface area contributed by atoms with Gasteiger partial charge in [0.1, 0.15) is 0 Å². The smallest absolute Gasteiger partial charge is 0.0113 e. The Hall–Kier alpha value is -0.120. The first-order valence-corrected chi connectivity index (χ1v) is 5.50. The summed E-state index contributed by atoms with van der Waals surface area (Å²) in [6, 6.07) is 0.795. The standard InChI is InChI=1S/C11H24N3/c1-12(2)9-10-14-7-5-11(6-8-14)13(3)4/h11H,1,5-10H2,2-4H3/q-1. The van der Waals surface area contributed by atoms with Gasteiger partial charge in [-0.15, -0.1) is 0 Å². The number of likely N-dealkylation sites (tertiary alicyclic amines) is 1. The number of piperidine rings is 1. The summed E-state index contributed by atoms with van der Waals surface area (Å²) >= 11 is 0. The lowest BCUT2D eigenvalue weighted by Crippen LogP contribution is -2.43. The Morgan fingerprint density at radius 2 is 1.79 bits per heavy atom. The highest BCUT2D eigenvalue weighted by molar-refractivity contribution is 4.77. The van der Waals surface area contributed by atoms with Gasteiger partial charge in [-0.3, -0.25) is 7.05 Å². The molecule has 0 aromatic heterocycles. The molecule has 0 saturated carbocycles. The van der Waals surface area contributed by atoms with Crippen molar-refractivity contribution in [3.8, 4) is 0 Å². The van der Waals surface area contributed by atoms with Gasteiger partial charge in [0.25, 0.3) is 0 Å². The van der Waals surface area contributed by atoms with E-state index in [1.807, 2.05) is 11.9 Å². The van der Waals surface area contributed by atoms with Crippen molar-refractivity contribution in [2.24, 2.45) is 0 Å². The van der Waals surface area contributed by atoms with E-state index >= 15 is 0 Å². The van der Waals surface area contributed by atoms with E-state index in [4.69, 9.17) is 0 Å². The Morgan fingerprint density at radius 1 is 1.21 bits per heavy atom. The molecule has 0 radical (unpaired) electrons. The van der Waals surface area contributed by atoms with E-state index in [2.05, 4.69) is 30.9 Å². The molecule has 1 saturated heterocycles. The second kappa shape index (κ2) is 5.69. The third-order valence-electron chi connectivity index (χ3n) is 3.09. The van der Waals surface area contributed by atoms with Gasteiger partial charge in [-0.05, 0) is 53.6 Å². The lowest BCUT2D eigenvalue weighted by molar-refractivity contribution is 0.139. The fourth-order valence-electron chi connectivity index (χ4n) is 1.97. The maximum Gasteiger partial charge on any atom is 0.0113 e. The van der Waals surface area contributed by atoms with Crippen molar-refractivity contribution in [2.45, 2.75) is 18.9 Å². The van der Waals surface area contributed by atoms with Crippen LogP contribution in [0.2, 0.25) is 0 Å². The van der Waals surface area contributed by atoms with Crippen LogP contribution in [0.5, 0.6) is 0 Å². The zero-order chi connectivity index (χ0) is 10.6. The third-order valence-corrected chi connectivity index (χ3v) is 3.09. The molecule has 0 bridgehead atoms. The van der Waals surface area contributed by atoms with Gasteiger partial charge in [-0.2, -0.15) is 0 Å². The average molecular weight is 198 g/mol. The van der Waals surface area contributed by atoms with Crippen molar-refractivity contribution >= 4 is 0 Å². The second-order valence-corrected chi connectivity index (χ2v) is 4.62. The van der Waals surface area contributed by atoms with Gasteiger partial charge < -0.3 is 14.7 Å². The fraction of sp³-hybridized carbons (Fsp3) is 0.909. The predicted octanol–water partition coefficient (Wildman–Crippen LogP) is 0.736. The van der Waals surface area contributed by atoms with E-state index in [0.29, 0.717) is 0 Å². The summed E-state index contributed by atoms with van der Waals surface area (Å²) in [6.07, 6.45) is 2.63. The van der Waals surface area contributed by atoms with E-state index in [-0.39, 0.29) is 0 Å². The van der Waals surface area contributed by atoms with Crippen LogP contribution < -0.4 is 0 Å². The largest absolute Gasteiger partial charge is 0.461 e. The van der Waals surface area contributed by atoms with E-state index in [9.17, 15) is 0 Å². The van der Waals surface area contributed by atoms with Crippen molar-refractivity contribution in [2.75, 3.05) is 47.3 Å². The molecule has 1 fully saturated rings. The van der Waals surface area contributed by atoms with Gasteiger partial charge in [0.2, 0.25) is 0 Å². The summed E-state index contributed by atoms with van der Waals surface area (Å²) in [5.74, 6) is 0. The van der Waals surface area contributed by atoms with Gasteiger partial charge in [0.05, 0.1) is 0 Å². The molecule has 1 heterocycles. The van der Waals surface area contributed by atoms with Crippen molar-refractivity contribution in [1.29, 1.82) is 0 Å². The zero-order valence-electron chi connectivity index (χ0n) is 9.87. The minimum Gasteiger partial charge on any atom is -0.461 e. The van der Waals surface area contributed by atoms with Crippen LogP contribution in [0.1, 0.15) is 12.8 Å². The molecule has 1 aliphatic heterocycles. The Kier molecular flexibility index (Phi) is 4.85. The molecule has 3 nitrogen and oxygen atoms in total. The molecule has 0 spiro atoms. The molecule has 0 N–H and O–H groups in total. The van der Waals surface area contributed by atoms with Crippen LogP contribution in [-0.2, 0) is 0 Å². The molecule has 0 atom stereocenters. The first-order valence-electron chi connectivity index (χ1n) is 5.50. The Balaban J connectivity index is 2.16. The van der Waals surface area contributed by atoms with Gasteiger partial charge in [0.15, 0.2) is 0 Å². The van der Waals surface area contributed by atoms with Crippen LogP contribution in [0, 0.1) is 7.05 Å². The molecule has 0 aromatic carbocycles. The van der Waals surface area contributed by atoms with Crippen molar-refractivity contribution < 1.29 is 0 Å². The van der Waals surface area contributed by atoms with E-state index in [1.165, 1.54) is 32.5 Å². The maximum absolute atomic E-state index is 3.86. The van der Waals surface area contributed by atoms with Gasteiger partial charge >= 0.3 is 0 Å². The van der Waals surface area contributed by atoms with Crippen molar-refractivity contribution in [3.05, 3.63) is 7.05 Å². The Bertz CT molecular complexity index is 149. The molecular weight excluding hydrogens is 174 g/mol. The van der Waals surface area contributed by atoms with Crippen LogP contribution in [0.25, 0.3) is 0 Å². The summed E-state index contributed by atoms with van der Waals surface area (Å²) in [6.45, 7) is 4.74. The molecule has 0 amide bonds. The fourth-order valence-corrected chi connectivity index (χ4v) is 1.97. The van der Waals surface area contributed by atoms with Crippen LogP contribution in [0.3, 0.4) is 0 Å². The Labute approximate surface area is 88.7 Å². The highest BCUT2D eigenvalue weighted by Crippen LogP contribution is 2.13. The normalized spacial score (nSPS) is 21.0. The molecule has 0 unspecified atom stereocenters. The number of nitrogens with zero attached hydrogens (tertiary/aromatic N) is 3. The number of hydrogen-bond donors (Lipinski definition) is 0. The summed E-state index contributed by atoms with van der Waals surface area (Å²) in [4.78, 5) is 6.91. The van der Waals surface area contributed by atoms with Crippen LogP contribution in [-0.4, -0.2) is 68.1 Å². The lowest BCUT2D eigenvalue weighted by Gasteiger charge is -2.36. The predicted molar refractivity (Wildman–Crippen MR) is 61.1 cm³/mol. The highest BCUT2D eigenvalue weighted by Gasteiger charge is 2.19. The average Bonchev–Trinajstić information content (AvgIpc) is 2.15. The zero-order valence-corrected chi connectivity index (χ0v) is 9.87. The molecule has 0 aliphatic carbocycles. The second-order valence-electron chi connectivity index (χ2n) is 4.62. The summed E-state index contributed by atoms with van der Waals surface area (Å²) < 4.78 is 0. The van der Waals surface area contributed by atoms with Crippen LogP contribution in [0.4, 0.5) is 0 Å². The molecule has 0 aromatic rings. The molecular formula is C11H24N3-. The van der Waals surface area contributed by atoms with Crippen LogP contribution >= 0.6 is 0 Å². The number of likely N-dealkylation sites (N-methyl/N-ethyl adjacent to an activating group) is 1. The summed E-state index contributed by atoms with van der Waals surface area (Å²) in [7, 11) is 10.3. The number of rotatable bonds is 4. The van der Waals surface area contributed by atoms with E-state index in [1.54, 1.807) is 0 Å². The first-order chi connectivity index (χ1) is 6.59. The maximum atomic E-state index is 3.86. The topological polar surface area (TPSA) is 9.72 Å². The highest BCUT2D eigenvalue weighted by atomic mass is 15.2. The summed E-state index contributed by atoms with van der Waals surface area (Å²) in [5.41, 5.74) is 0. The number of hydrogen-bond acceptors (Lipinski definition) is 3. The van der Waals surface area contributed by atoms with Crippen LogP contribution in [0.15, 0.2) is 0 Å². The lowest BCUT2D eigenvalue weighted by atomic mass is 10.0. The van der Waals surface area contributed by atoms with E-state index < -0.39 is 0 Å². The quantitative estimate of drug-likeness (QED) is 0.617. The SMILES string of the molecule is [CH2-]N(C)CCN1CCC(N(C)C)CC1. The first kappa shape index (κ1) is 12.0. The van der Waals surface area contributed by atoms with E-state index in [0.717, 1.165) is 12.6 Å². The molecule has 1 rings (SSSR count). The minimum absolute atomic E-state index is 0.795. The third kappa shape index (κ3) is 3.95. The molecule has 3 heteroatoms. The monoisotopic (exact) mass is 198 g/mol. The minimum atomic E-state index is 0.795. The van der Waals surface area contributed by atoms with Crippen molar-refractivity contribution in [3.63, 3.8) is 0 Å². The van der Waals surface area contributed by atoms with Gasteiger partial charge in [-0.1, -0.05) is 0 Å². The Morgan fingerprint density at radius 3 is 2.21 bits per heavy atom. The molecule has 84 valence electrons. The van der Waals surface area contributed by atoms with Crippen molar-refractivity contribution in [1.82, 2.24) is 14.7 Å². The van der Waals surface area contributed by atoms with Gasteiger partial charge in [-0.25, -0.2) is 0 Å². The molecule has 14 heavy (non-hydrogen) atoms. The molecule has 1 aliphatic rings.